The van der Waals surface area contributed by atoms with Crippen LogP contribution in [0.5, 0.6) is 0 Å². The molecule has 1 aliphatic rings. The number of fused-ring (bicyclic) bond motifs is 1. The smallest absolute Gasteiger partial charge is 0.191 e. The van der Waals surface area contributed by atoms with Crippen LogP contribution in [0.15, 0.2) is 39.9 Å². The van der Waals surface area contributed by atoms with Gasteiger partial charge in [0.2, 0.25) is 0 Å². The van der Waals surface area contributed by atoms with E-state index in [1.807, 2.05) is 29.2 Å². The van der Waals surface area contributed by atoms with Crippen LogP contribution in [0.2, 0.25) is 0 Å². The third-order valence-corrected chi connectivity index (χ3v) is 3.31. The lowest BCUT2D eigenvalue weighted by Crippen LogP contribution is -2.44. The van der Waals surface area contributed by atoms with E-state index in [-0.39, 0.29) is 0 Å². The van der Waals surface area contributed by atoms with Gasteiger partial charge in [-0.1, -0.05) is 18.2 Å². The van der Waals surface area contributed by atoms with Gasteiger partial charge in [-0.15, -0.1) is 0 Å². The number of morpholine rings is 1. The zero-order valence-corrected chi connectivity index (χ0v) is 10.7. The number of ether oxygens (including phenoxy) is 1. The predicted molar refractivity (Wildman–Crippen MR) is 73.9 cm³/mol. The zero-order chi connectivity index (χ0) is 13.1. The van der Waals surface area contributed by atoms with E-state index in [0.29, 0.717) is 25.7 Å². The molecule has 2 heterocycles. The lowest BCUT2D eigenvalue weighted by molar-refractivity contribution is 0.0674. The highest BCUT2D eigenvalue weighted by Crippen LogP contribution is 2.21. The molecule has 5 heteroatoms. The van der Waals surface area contributed by atoms with Crippen LogP contribution in [-0.4, -0.2) is 37.2 Å². The number of hydrogen-bond donors (Lipinski definition) is 1. The van der Waals surface area contributed by atoms with Crippen LogP contribution >= 0.6 is 0 Å². The normalized spacial score (nSPS) is 17.1. The van der Waals surface area contributed by atoms with Gasteiger partial charge >= 0.3 is 0 Å². The van der Waals surface area contributed by atoms with Gasteiger partial charge in [0, 0.05) is 24.0 Å². The van der Waals surface area contributed by atoms with E-state index in [2.05, 4.69) is 4.99 Å². The molecule has 0 amide bonds. The summed E-state index contributed by atoms with van der Waals surface area (Å²) in [4.78, 5) is 6.49. The summed E-state index contributed by atoms with van der Waals surface area (Å²) in [7, 11) is 0. The van der Waals surface area contributed by atoms with E-state index in [9.17, 15) is 0 Å². The van der Waals surface area contributed by atoms with Crippen LogP contribution in [0.3, 0.4) is 0 Å². The SMILES string of the molecule is NC(=NCc1coc2ccccc12)N1CCOCC1. The molecule has 1 aromatic carbocycles. The van der Waals surface area contributed by atoms with Gasteiger partial charge in [-0.05, 0) is 6.07 Å². The molecule has 100 valence electrons. The molecule has 0 aliphatic carbocycles. The Labute approximate surface area is 111 Å². The molecule has 19 heavy (non-hydrogen) atoms. The summed E-state index contributed by atoms with van der Waals surface area (Å²) in [5.74, 6) is 0.577. The topological polar surface area (TPSA) is 64.0 Å². The third-order valence-electron chi connectivity index (χ3n) is 3.31. The summed E-state index contributed by atoms with van der Waals surface area (Å²) in [6, 6.07) is 7.94. The highest BCUT2D eigenvalue weighted by molar-refractivity contribution is 5.82. The Morgan fingerprint density at radius 2 is 2.05 bits per heavy atom. The molecule has 0 spiro atoms. The Morgan fingerprint density at radius 3 is 2.89 bits per heavy atom. The van der Waals surface area contributed by atoms with Crippen molar-refractivity contribution in [3.8, 4) is 0 Å². The van der Waals surface area contributed by atoms with E-state index < -0.39 is 0 Å². The molecular weight excluding hydrogens is 242 g/mol. The second-order valence-corrected chi connectivity index (χ2v) is 4.53. The number of hydrogen-bond acceptors (Lipinski definition) is 3. The van der Waals surface area contributed by atoms with Crippen LogP contribution < -0.4 is 5.73 Å². The first-order chi connectivity index (χ1) is 9.34. The van der Waals surface area contributed by atoms with Gasteiger partial charge in [-0.2, -0.15) is 0 Å². The molecule has 0 radical (unpaired) electrons. The molecule has 0 unspecified atom stereocenters. The fraction of sp³-hybridized carbons (Fsp3) is 0.357. The second-order valence-electron chi connectivity index (χ2n) is 4.53. The quantitative estimate of drug-likeness (QED) is 0.657. The largest absolute Gasteiger partial charge is 0.464 e. The van der Waals surface area contributed by atoms with Crippen LogP contribution in [0, 0.1) is 0 Å². The number of aliphatic imine (C=N–C) groups is 1. The second kappa shape index (κ2) is 5.32. The number of rotatable bonds is 2. The number of para-hydroxylation sites is 1. The van der Waals surface area contributed by atoms with E-state index in [0.717, 1.165) is 29.6 Å². The maximum Gasteiger partial charge on any atom is 0.191 e. The molecule has 0 atom stereocenters. The summed E-state index contributed by atoms with van der Waals surface area (Å²) in [5, 5.41) is 1.10. The molecule has 3 rings (SSSR count). The van der Waals surface area contributed by atoms with E-state index in [1.165, 1.54) is 0 Å². The van der Waals surface area contributed by atoms with Crippen molar-refractivity contribution in [3.05, 3.63) is 36.1 Å². The highest BCUT2D eigenvalue weighted by Gasteiger charge is 2.12. The number of benzene rings is 1. The minimum Gasteiger partial charge on any atom is -0.464 e. The highest BCUT2D eigenvalue weighted by atomic mass is 16.5. The first kappa shape index (κ1) is 12.0. The van der Waals surface area contributed by atoms with Crippen molar-refractivity contribution in [2.75, 3.05) is 26.3 Å². The van der Waals surface area contributed by atoms with Crippen LogP contribution in [0.1, 0.15) is 5.56 Å². The monoisotopic (exact) mass is 259 g/mol. The van der Waals surface area contributed by atoms with Crippen molar-refractivity contribution >= 4 is 16.9 Å². The number of nitrogens with zero attached hydrogens (tertiary/aromatic N) is 2. The van der Waals surface area contributed by atoms with E-state index in [4.69, 9.17) is 14.9 Å². The van der Waals surface area contributed by atoms with Crippen LogP contribution in [-0.2, 0) is 11.3 Å². The average Bonchev–Trinajstić information content (AvgIpc) is 2.89. The Kier molecular flexibility index (Phi) is 3.37. The summed E-state index contributed by atoms with van der Waals surface area (Å²) in [6.07, 6.45) is 1.75. The molecule has 1 saturated heterocycles. The minimum atomic E-state index is 0.542. The first-order valence-corrected chi connectivity index (χ1v) is 6.42. The van der Waals surface area contributed by atoms with E-state index >= 15 is 0 Å². The Hall–Kier alpha value is -2.01. The van der Waals surface area contributed by atoms with Crippen molar-refractivity contribution in [1.82, 2.24) is 4.90 Å². The molecule has 0 saturated carbocycles. The number of guanidine groups is 1. The average molecular weight is 259 g/mol. The molecule has 2 N–H and O–H groups in total. The van der Waals surface area contributed by atoms with Gasteiger partial charge in [-0.25, -0.2) is 4.99 Å². The fourth-order valence-electron chi connectivity index (χ4n) is 2.21. The fourth-order valence-corrected chi connectivity index (χ4v) is 2.21. The van der Waals surface area contributed by atoms with Crippen molar-refractivity contribution in [2.24, 2.45) is 10.7 Å². The summed E-state index contributed by atoms with van der Waals surface area (Å²) < 4.78 is 10.8. The zero-order valence-electron chi connectivity index (χ0n) is 10.7. The van der Waals surface area contributed by atoms with Gasteiger partial charge in [-0.3, -0.25) is 0 Å². The van der Waals surface area contributed by atoms with Gasteiger partial charge in [0.1, 0.15) is 5.58 Å². The molecule has 0 bridgehead atoms. The van der Waals surface area contributed by atoms with E-state index in [1.54, 1.807) is 6.26 Å². The van der Waals surface area contributed by atoms with Crippen LogP contribution in [0.25, 0.3) is 11.0 Å². The Balaban J connectivity index is 1.74. The molecule has 5 nitrogen and oxygen atoms in total. The van der Waals surface area contributed by atoms with Crippen molar-refractivity contribution in [2.45, 2.75) is 6.54 Å². The third kappa shape index (κ3) is 2.56. The summed E-state index contributed by atoms with van der Waals surface area (Å²) >= 11 is 0. The molecule has 2 aromatic rings. The van der Waals surface area contributed by atoms with Crippen molar-refractivity contribution in [1.29, 1.82) is 0 Å². The number of nitrogens with two attached hydrogens (primary N) is 1. The Bertz CT molecular complexity index is 585. The molecule has 1 fully saturated rings. The first-order valence-electron chi connectivity index (χ1n) is 6.42. The summed E-state index contributed by atoms with van der Waals surface area (Å²) in [6.45, 7) is 3.58. The van der Waals surface area contributed by atoms with Crippen molar-refractivity contribution in [3.63, 3.8) is 0 Å². The van der Waals surface area contributed by atoms with Gasteiger partial charge < -0.3 is 19.8 Å². The lowest BCUT2D eigenvalue weighted by Gasteiger charge is -2.27. The van der Waals surface area contributed by atoms with Gasteiger partial charge in [0.15, 0.2) is 5.96 Å². The lowest BCUT2D eigenvalue weighted by atomic mass is 10.2. The minimum absolute atomic E-state index is 0.542. The maximum absolute atomic E-state index is 6.00. The molecule has 1 aliphatic heterocycles. The standard InChI is InChI=1S/C14H17N3O2/c15-14(17-5-7-18-8-6-17)16-9-11-10-19-13-4-2-1-3-12(11)13/h1-4,10H,5-9H2,(H2,15,16). The number of furan rings is 1. The van der Waals surface area contributed by atoms with Crippen LogP contribution in [0.4, 0.5) is 0 Å². The Morgan fingerprint density at radius 1 is 1.26 bits per heavy atom. The summed E-state index contributed by atoms with van der Waals surface area (Å²) in [5.41, 5.74) is 7.95. The molecular formula is C14H17N3O2. The molecule has 1 aromatic heterocycles. The predicted octanol–water partition coefficient (Wildman–Crippen LogP) is 1.58. The van der Waals surface area contributed by atoms with Gasteiger partial charge in [0.05, 0.1) is 26.0 Å². The maximum atomic E-state index is 6.00. The van der Waals surface area contributed by atoms with Crippen molar-refractivity contribution < 1.29 is 9.15 Å². The van der Waals surface area contributed by atoms with Gasteiger partial charge in [0.25, 0.3) is 0 Å².